The number of hydrogen-bond acceptors (Lipinski definition) is 4. The van der Waals surface area contributed by atoms with Crippen molar-refractivity contribution in [1.29, 1.82) is 0 Å². The number of thiol groups is 1. The van der Waals surface area contributed by atoms with Crippen LogP contribution in [-0.4, -0.2) is 29.5 Å². The van der Waals surface area contributed by atoms with Crippen LogP contribution in [0.4, 0.5) is 0 Å². The van der Waals surface area contributed by atoms with E-state index >= 15 is 0 Å². The van der Waals surface area contributed by atoms with Crippen LogP contribution in [0.5, 0.6) is 0 Å². The molecule has 0 spiro atoms. The Morgan fingerprint density at radius 1 is 1.29 bits per heavy atom. The van der Waals surface area contributed by atoms with E-state index in [0.29, 0.717) is 0 Å². The Hall–Kier alpha value is -0.0600. The van der Waals surface area contributed by atoms with Crippen LogP contribution in [-0.2, 0) is 18.6 Å². The Labute approximate surface area is 114 Å². The molecule has 1 fully saturated rings. The first-order valence-corrected chi connectivity index (χ1v) is 8.09. The standard InChI is InChI=1S/C13H22N2S2/c1-2-5-11-12(10-16)17-13(14-11)6-9-15-7-3-4-8-15/h16H,2-10H2,1H3. The Bertz CT molecular complexity index is 343. The molecule has 0 saturated carbocycles. The van der Waals surface area contributed by atoms with Gasteiger partial charge in [0.25, 0.3) is 0 Å². The maximum Gasteiger partial charge on any atom is 0.0944 e. The normalized spacial score (nSPS) is 16.8. The zero-order chi connectivity index (χ0) is 12.1. The van der Waals surface area contributed by atoms with E-state index in [9.17, 15) is 0 Å². The molecule has 2 heterocycles. The molecule has 96 valence electrons. The molecule has 1 saturated heterocycles. The Balaban J connectivity index is 1.90. The van der Waals surface area contributed by atoms with Gasteiger partial charge in [-0.05, 0) is 32.4 Å². The van der Waals surface area contributed by atoms with Crippen molar-refractivity contribution in [3.05, 3.63) is 15.6 Å². The van der Waals surface area contributed by atoms with Gasteiger partial charge in [0.05, 0.1) is 10.7 Å². The van der Waals surface area contributed by atoms with Gasteiger partial charge < -0.3 is 4.90 Å². The molecule has 0 atom stereocenters. The minimum atomic E-state index is 0.844. The van der Waals surface area contributed by atoms with E-state index in [-0.39, 0.29) is 0 Å². The lowest BCUT2D eigenvalue weighted by molar-refractivity contribution is 0.343. The molecule has 2 rings (SSSR count). The zero-order valence-corrected chi connectivity index (χ0v) is 12.3. The first kappa shape index (κ1) is 13.4. The lowest BCUT2D eigenvalue weighted by Gasteiger charge is -2.12. The monoisotopic (exact) mass is 270 g/mol. The highest BCUT2D eigenvalue weighted by Crippen LogP contribution is 2.22. The third-order valence-corrected chi connectivity index (χ3v) is 4.98. The first-order valence-electron chi connectivity index (χ1n) is 6.64. The van der Waals surface area contributed by atoms with E-state index < -0.39 is 0 Å². The molecule has 4 heteroatoms. The van der Waals surface area contributed by atoms with Crippen LogP contribution in [0, 0.1) is 0 Å². The van der Waals surface area contributed by atoms with E-state index in [1.54, 1.807) is 0 Å². The molecule has 1 aromatic heterocycles. The molecule has 0 bridgehead atoms. The van der Waals surface area contributed by atoms with Crippen LogP contribution in [0.2, 0.25) is 0 Å². The fourth-order valence-corrected chi connectivity index (χ4v) is 3.70. The average Bonchev–Trinajstić information content (AvgIpc) is 2.95. The van der Waals surface area contributed by atoms with Gasteiger partial charge in [-0.25, -0.2) is 4.98 Å². The first-order chi connectivity index (χ1) is 8.33. The second-order valence-electron chi connectivity index (χ2n) is 4.68. The molecule has 0 aromatic carbocycles. The Morgan fingerprint density at radius 3 is 2.71 bits per heavy atom. The summed E-state index contributed by atoms with van der Waals surface area (Å²) in [7, 11) is 0. The van der Waals surface area contributed by atoms with Gasteiger partial charge in [0.15, 0.2) is 0 Å². The highest BCUT2D eigenvalue weighted by atomic mass is 32.1. The van der Waals surface area contributed by atoms with Crippen molar-refractivity contribution in [2.45, 2.75) is 44.8 Å². The number of rotatable bonds is 6. The predicted octanol–water partition coefficient (Wildman–Crippen LogP) is 3.16. The van der Waals surface area contributed by atoms with E-state index in [1.807, 2.05) is 11.3 Å². The zero-order valence-electron chi connectivity index (χ0n) is 10.6. The topological polar surface area (TPSA) is 16.1 Å². The third-order valence-electron chi connectivity index (χ3n) is 3.29. The van der Waals surface area contributed by atoms with E-state index in [0.717, 1.165) is 18.6 Å². The number of nitrogens with zero attached hydrogens (tertiary/aromatic N) is 2. The van der Waals surface area contributed by atoms with Gasteiger partial charge in [-0.1, -0.05) is 13.3 Å². The second-order valence-corrected chi connectivity index (χ2v) is 6.17. The summed E-state index contributed by atoms with van der Waals surface area (Å²) in [6, 6.07) is 0. The molecule has 0 radical (unpaired) electrons. The predicted molar refractivity (Wildman–Crippen MR) is 78.2 cm³/mol. The van der Waals surface area contributed by atoms with Crippen LogP contribution in [0.15, 0.2) is 0 Å². The number of likely N-dealkylation sites (tertiary alicyclic amines) is 1. The van der Waals surface area contributed by atoms with Gasteiger partial charge >= 0.3 is 0 Å². The number of aromatic nitrogens is 1. The fraction of sp³-hybridized carbons (Fsp3) is 0.769. The summed E-state index contributed by atoms with van der Waals surface area (Å²) in [6.45, 7) is 5.97. The van der Waals surface area contributed by atoms with Crippen molar-refractivity contribution in [3.8, 4) is 0 Å². The third kappa shape index (κ3) is 3.70. The highest BCUT2D eigenvalue weighted by Gasteiger charge is 2.13. The summed E-state index contributed by atoms with van der Waals surface area (Å²) in [5.41, 5.74) is 1.30. The van der Waals surface area contributed by atoms with Crippen molar-refractivity contribution >= 4 is 24.0 Å². The van der Waals surface area contributed by atoms with Gasteiger partial charge in [-0.15, -0.1) is 11.3 Å². The van der Waals surface area contributed by atoms with Gasteiger partial charge in [0.1, 0.15) is 0 Å². The van der Waals surface area contributed by atoms with Crippen LogP contribution in [0.25, 0.3) is 0 Å². The summed E-state index contributed by atoms with van der Waals surface area (Å²) in [5.74, 6) is 0.844. The molecule has 17 heavy (non-hydrogen) atoms. The lowest BCUT2D eigenvalue weighted by atomic mass is 10.2. The summed E-state index contributed by atoms with van der Waals surface area (Å²) in [5, 5.41) is 1.31. The van der Waals surface area contributed by atoms with E-state index in [1.165, 1.54) is 54.5 Å². The lowest BCUT2D eigenvalue weighted by Crippen LogP contribution is -2.21. The number of thiazole rings is 1. The van der Waals surface area contributed by atoms with Crippen molar-refractivity contribution in [3.63, 3.8) is 0 Å². The van der Waals surface area contributed by atoms with Gasteiger partial charge in [-0.2, -0.15) is 12.6 Å². The van der Waals surface area contributed by atoms with Crippen LogP contribution < -0.4 is 0 Å². The summed E-state index contributed by atoms with van der Waals surface area (Å²) in [6.07, 6.45) is 6.16. The van der Waals surface area contributed by atoms with Crippen LogP contribution in [0.3, 0.4) is 0 Å². The quantitative estimate of drug-likeness (QED) is 0.799. The summed E-state index contributed by atoms with van der Waals surface area (Å²) < 4.78 is 0. The average molecular weight is 270 g/mol. The van der Waals surface area contributed by atoms with Crippen molar-refractivity contribution in [2.24, 2.45) is 0 Å². The Morgan fingerprint density at radius 2 is 2.06 bits per heavy atom. The minimum absolute atomic E-state index is 0.844. The Kier molecular flexibility index (Phi) is 5.32. The summed E-state index contributed by atoms with van der Waals surface area (Å²) in [4.78, 5) is 8.71. The molecular formula is C13H22N2S2. The van der Waals surface area contributed by atoms with Gasteiger partial charge in [0, 0.05) is 23.6 Å². The molecule has 1 aliphatic rings. The largest absolute Gasteiger partial charge is 0.303 e. The maximum absolute atomic E-state index is 4.77. The smallest absolute Gasteiger partial charge is 0.0944 e. The molecule has 2 nitrogen and oxygen atoms in total. The summed E-state index contributed by atoms with van der Waals surface area (Å²) >= 11 is 6.27. The van der Waals surface area contributed by atoms with Crippen molar-refractivity contribution in [2.75, 3.05) is 19.6 Å². The molecule has 1 aliphatic heterocycles. The molecule has 0 unspecified atom stereocenters. The number of hydrogen-bond donors (Lipinski definition) is 1. The maximum atomic E-state index is 4.77. The van der Waals surface area contributed by atoms with Crippen molar-refractivity contribution in [1.82, 2.24) is 9.88 Å². The van der Waals surface area contributed by atoms with Gasteiger partial charge in [-0.3, -0.25) is 0 Å². The van der Waals surface area contributed by atoms with Crippen LogP contribution >= 0.6 is 24.0 Å². The SMILES string of the molecule is CCCc1nc(CCN2CCCC2)sc1CS. The molecule has 1 aromatic rings. The van der Waals surface area contributed by atoms with Gasteiger partial charge in [0.2, 0.25) is 0 Å². The number of aryl methyl sites for hydroxylation is 1. The van der Waals surface area contributed by atoms with Crippen molar-refractivity contribution < 1.29 is 0 Å². The van der Waals surface area contributed by atoms with Crippen LogP contribution in [0.1, 0.15) is 41.8 Å². The minimum Gasteiger partial charge on any atom is -0.303 e. The van der Waals surface area contributed by atoms with E-state index in [2.05, 4.69) is 24.5 Å². The molecular weight excluding hydrogens is 248 g/mol. The molecule has 0 aliphatic carbocycles. The fourth-order valence-electron chi connectivity index (χ4n) is 2.36. The van der Waals surface area contributed by atoms with E-state index in [4.69, 9.17) is 4.98 Å². The molecule has 0 amide bonds. The molecule has 0 N–H and O–H groups in total. The highest BCUT2D eigenvalue weighted by molar-refractivity contribution is 7.79. The second kappa shape index (κ2) is 6.76.